The van der Waals surface area contributed by atoms with E-state index in [0.29, 0.717) is 6.61 Å². The van der Waals surface area contributed by atoms with Gasteiger partial charge < -0.3 is 15.3 Å². The second-order valence-electron chi connectivity index (χ2n) is 4.08. The van der Waals surface area contributed by atoms with Crippen LogP contribution in [0.25, 0.3) is 0 Å². The third kappa shape index (κ3) is 78.0. The van der Waals surface area contributed by atoms with Crippen molar-refractivity contribution in [1.82, 2.24) is 0 Å². The Balaban J connectivity index is -0.0000000823. The molecule has 3 N–H and O–H groups in total. The lowest BCUT2D eigenvalue weighted by atomic mass is 10.2. The highest BCUT2D eigenvalue weighted by Gasteiger charge is 1.81. The Morgan fingerprint density at radius 3 is 1.50 bits per heavy atom. The van der Waals surface area contributed by atoms with Crippen LogP contribution in [0, 0.1) is 0 Å². The fourth-order valence-electron chi connectivity index (χ4n) is 0.880. The van der Waals surface area contributed by atoms with Crippen LogP contribution in [0.2, 0.25) is 0 Å². The Labute approximate surface area is 113 Å². The molecule has 0 fully saturated rings. The van der Waals surface area contributed by atoms with Crippen molar-refractivity contribution < 1.29 is 20.1 Å². The first-order valence-corrected chi connectivity index (χ1v) is 6.73. The number of aliphatic hydroxyl groups excluding tert-OH is 1. The van der Waals surface area contributed by atoms with Crippen molar-refractivity contribution in [2.75, 3.05) is 6.61 Å². The first-order valence-electron chi connectivity index (χ1n) is 6.73. The van der Waals surface area contributed by atoms with Gasteiger partial charge in [-0.2, -0.15) is 0 Å². The Hall–Kier alpha value is -0.610. The minimum absolute atomic E-state index is 0. The number of esters is 1. The summed E-state index contributed by atoms with van der Waals surface area (Å²) in [5.41, 5.74) is 0. The van der Waals surface area contributed by atoms with Gasteiger partial charge in [0.15, 0.2) is 0 Å². The third-order valence-electron chi connectivity index (χ3n) is 1.55. The molecule has 0 aliphatic carbocycles. The van der Waals surface area contributed by atoms with E-state index in [9.17, 15) is 4.79 Å². The SMILES string of the molecule is CC(C)O.CCCCCCC.CCOC(C)=O.O. The maximum absolute atomic E-state index is 9.82. The summed E-state index contributed by atoms with van der Waals surface area (Å²) < 4.78 is 4.40. The Bertz CT molecular complexity index is 129. The number of ether oxygens (including phenoxy) is 1. The highest BCUT2D eigenvalue weighted by Crippen LogP contribution is 2.00. The molecule has 4 nitrogen and oxygen atoms in total. The molecule has 0 rings (SSSR count). The van der Waals surface area contributed by atoms with Gasteiger partial charge in [0.1, 0.15) is 0 Å². The average Bonchev–Trinajstić information content (AvgIpc) is 2.18. The summed E-state index contributed by atoms with van der Waals surface area (Å²) in [4.78, 5) is 9.82. The van der Waals surface area contributed by atoms with Crippen LogP contribution in [0.3, 0.4) is 0 Å². The molecule has 0 aromatic carbocycles. The minimum atomic E-state index is -0.211. The van der Waals surface area contributed by atoms with Crippen LogP contribution in [-0.2, 0) is 9.53 Å². The number of unbranched alkanes of at least 4 members (excludes halogenated alkanes) is 4. The van der Waals surface area contributed by atoms with Crippen LogP contribution in [0.15, 0.2) is 0 Å². The van der Waals surface area contributed by atoms with Gasteiger partial charge in [0.05, 0.1) is 6.61 Å². The van der Waals surface area contributed by atoms with Gasteiger partial charge in [-0.15, -0.1) is 0 Å². The Morgan fingerprint density at radius 1 is 1.06 bits per heavy atom. The number of rotatable bonds is 5. The molecule has 0 spiro atoms. The van der Waals surface area contributed by atoms with Crippen LogP contribution in [0.1, 0.15) is 73.6 Å². The number of aliphatic hydroxyl groups is 1. The second-order valence-corrected chi connectivity index (χ2v) is 4.08. The van der Waals surface area contributed by atoms with Crippen molar-refractivity contribution in [3.05, 3.63) is 0 Å². The van der Waals surface area contributed by atoms with Gasteiger partial charge in [-0.1, -0.05) is 46.0 Å². The molecular formula is C14H34O4. The summed E-state index contributed by atoms with van der Waals surface area (Å²) in [7, 11) is 0. The van der Waals surface area contributed by atoms with Crippen molar-refractivity contribution in [1.29, 1.82) is 0 Å². The van der Waals surface area contributed by atoms with Crippen LogP contribution in [-0.4, -0.2) is 29.3 Å². The predicted octanol–water partition coefficient (Wildman–Crippen LogP) is 3.11. The van der Waals surface area contributed by atoms with E-state index < -0.39 is 0 Å². The summed E-state index contributed by atoms with van der Waals surface area (Å²) in [5.74, 6) is -0.211. The molecule has 0 aliphatic heterocycles. The zero-order valence-corrected chi connectivity index (χ0v) is 13.1. The van der Waals surface area contributed by atoms with Gasteiger partial charge in [0, 0.05) is 13.0 Å². The molecule has 0 bridgehead atoms. The predicted molar refractivity (Wildman–Crippen MR) is 77.7 cm³/mol. The fourth-order valence-corrected chi connectivity index (χ4v) is 0.880. The molecule has 0 unspecified atom stereocenters. The monoisotopic (exact) mass is 266 g/mol. The number of carbonyl (C=O) groups is 1. The van der Waals surface area contributed by atoms with Crippen molar-refractivity contribution in [2.24, 2.45) is 0 Å². The number of hydrogen-bond acceptors (Lipinski definition) is 3. The van der Waals surface area contributed by atoms with Crippen molar-refractivity contribution in [3.8, 4) is 0 Å². The smallest absolute Gasteiger partial charge is 0.302 e. The van der Waals surface area contributed by atoms with E-state index in [1.807, 2.05) is 0 Å². The van der Waals surface area contributed by atoms with Gasteiger partial charge >= 0.3 is 5.97 Å². The summed E-state index contributed by atoms with van der Waals surface area (Å²) in [6.07, 6.45) is 6.84. The molecule has 0 aromatic rings. The zero-order chi connectivity index (χ0) is 14.1. The van der Waals surface area contributed by atoms with Crippen molar-refractivity contribution >= 4 is 5.97 Å². The fraction of sp³-hybridized carbons (Fsp3) is 0.929. The highest BCUT2D eigenvalue weighted by molar-refractivity contribution is 5.65. The maximum Gasteiger partial charge on any atom is 0.302 e. The lowest BCUT2D eigenvalue weighted by Crippen LogP contribution is -1.95. The van der Waals surface area contributed by atoms with Gasteiger partial charge in [-0.05, 0) is 20.8 Å². The van der Waals surface area contributed by atoms with Crippen LogP contribution in [0.5, 0.6) is 0 Å². The molecule has 114 valence electrons. The number of hydrogen-bond donors (Lipinski definition) is 1. The molecule has 0 amide bonds. The molecule has 4 heteroatoms. The standard InChI is InChI=1S/C7H16.C4H8O2.C3H8O.H2O/c1-3-5-7-6-4-2;1-3-6-4(2)5;1-3(2)4;/h3-7H2,1-2H3;3H2,1-2H3;3-4H,1-2H3;1H2. The number of carbonyl (C=O) groups excluding carboxylic acids is 1. The molecular weight excluding hydrogens is 232 g/mol. The Morgan fingerprint density at radius 2 is 1.39 bits per heavy atom. The molecule has 0 radical (unpaired) electrons. The van der Waals surface area contributed by atoms with E-state index in [-0.39, 0.29) is 17.5 Å². The largest absolute Gasteiger partial charge is 0.466 e. The first kappa shape index (κ1) is 26.1. The molecule has 0 heterocycles. The summed E-state index contributed by atoms with van der Waals surface area (Å²) >= 11 is 0. The van der Waals surface area contributed by atoms with Crippen LogP contribution in [0.4, 0.5) is 0 Å². The van der Waals surface area contributed by atoms with Gasteiger partial charge in [-0.25, -0.2) is 0 Å². The topological polar surface area (TPSA) is 78.0 Å². The lowest BCUT2D eigenvalue weighted by molar-refractivity contribution is -0.140. The van der Waals surface area contributed by atoms with Crippen molar-refractivity contribution in [3.63, 3.8) is 0 Å². The molecule has 18 heavy (non-hydrogen) atoms. The van der Waals surface area contributed by atoms with E-state index in [2.05, 4.69) is 18.6 Å². The quantitative estimate of drug-likeness (QED) is 0.613. The lowest BCUT2D eigenvalue weighted by Gasteiger charge is -1.90. The molecule has 0 aliphatic rings. The molecule has 0 aromatic heterocycles. The second kappa shape index (κ2) is 25.3. The first-order chi connectivity index (χ1) is 7.92. The molecule has 0 saturated carbocycles. The summed E-state index contributed by atoms with van der Waals surface area (Å²) in [6, 6.07) is 0. The van der Waals surface area contributed by atoms with Gasteiger partial charge in [0.2, 0.25) is 0 Å². The normalized spacial score (nSPS) is 8.22. The minimum Gasteiger partial charge on any atom is -0.466 e. The zero-order valence-electron chi connectivity index (χ0n) is 13.1. The van der Waals surface area contributed by atoms with E-state index in [0.717, 1.165) is 0 Å². The van der Waals surface area contributed by atoms with E-state index >= 15 is 0 Å². The van der Waals surface area contributed by atoms with E-state index in [4.69, 9.17) is 5.11 Å². The van der Waals surface area contributed by atoms with Gasteiger partial charge in [-0.3, -0.25) is 4.79 Å². The van der Waals surface area contributed by atoms with E-state index in [1.54, 1.807) is 20.8 Å². The molecule has 0 saturated heterocycles. The summed E-state index contributed by atoms with van der Waals surface area (Å²) in [6.45, 7) is 11.6. The molecule has 0 atom stereocenters. The van der Waals surface area contributed by atoms with E-state index in [1.165, 1.54) is 39.0 Å². The Kier molecular flexibility index (Phi) is 36.6. The summed E-state index contributed by atoms with van der Waals surface area (Å²) in [5, 5.41) is 8.06. The average molecular weight is 266 g/mol. The third-order valence-corrected chi connectivity index (χ3v) is 1.55. The van der Waals surface area contributed by atoms with Gasteiger partial charge in [0.25, 0.3) is 0 Å². The van der Waals surface area contributed by atoms with Crippen LogP contribution < -0.4 is 0 Å². The van der Waals surface area contributed by atoms with Crippen LogP contribution >= 0.6 is 0 Å². The maximum atomic E-state index is 9.82. The van der Waals surface area contributed by atoms with Crippen molar-refractivity contribution in [2.45, 2.75) is 79.8 Å². The highest BCUT2D eigenvalue weighted by atomic mass is 16.5.